The average Bonchev–Trinajstić information content (AvgIpc) is 3.36. The van der Waals surface area contributed by atoms with Crippen molar-refractivity contribution in [1.29, 1.82) is 0 Å². The molecule has 0 bridgehead atoms. The smallest absolute Gasteiger partial charge is 0.241 e. The summed E-state index contributed by atoms with van der Waals surface area (Å²) in [5.74, 6) is 1.06. The van der Waals surface area contributed by atoms with Crippen LogP contribution in [-0.2, 0) is 4.79 Å². The Morgan fingerprint density at radius 2 is 1.86 bits per heavy atom. The lowest BCUT2D eigenvalue weighted by Gasteiger charge is -2.12. The van der Waals surface area contributed by atoms with Crippen molar-refractivity contribution in [3.63, 3.8) is 0 Å². The third-order valence-corrected chi connectivity index (χ3v) is 3.68. The molecule has 1 saturated carbocycles. The molecule has 0 heterocycles. The van der Waals surface area contributed by atoms with E-state index in [4.69, 9.17) is 4.74 Å². The molecule has 0 unspecified atom stereocenters. The highest BCUT2D eigenvalue weighted by molar-refractivity contribution is 5.87. The molecule has 1 aliphatic rings. The Morgan fingerprint density at radius 1 is 1.14 bits per heavy atom. The zero-order valence-electron chi connectivity index (χ0n) is 12.0. The van der Waals surface area contributed by atoms with Crippen molar-refractivity contribution in [1.82, 2.24) is 10.9 Å². The number of rotatable bonds is 5. The molecular weight excluding hydrogens is 264 g/mol. The van der Waals surface area contributed by atoms with Gasteiger partial charge in [0.25, 0.3) is 0 Å². The van der Waals surface area contributed by atoms with Crippen LogP contribution in [-0.4, -0.2) is 13.0 Å². The fourth-order valence-electron chi connectivity index (χ4n) is 2.20. The summed E-state index contributed by atoms with van der Waals surface area (Å²) in [5.41, 5.74) is 7.22. The molecule has 0 atom stereocenters. The van der Waals surface area contributed by atoms with Crippen LogP contribution in [0.3, 0.4) is 0 Å². The first-order valence-electron chi connectivity index (χ1n) is 7.00. The van der Waals surface area contributed by atoms with Gasteiger partial charge in [-0.2, -0.15) is 0 Å². The minimum atomic E-state index is 0.0432. The predicted molar refractivity (Wildman–Crippen MR) is 83.5 cm³/mol. The second-order valence-corrected chi connectivity index (χ2v) is 5.29. The Hall–Kier alpha value is -2.49. The number of carbonyl (C=O) groups excluding carboxylic acids is 1. The third-order valence-electron chi connectivity index (χ3n) is 3.68. The van der Waals surface area contributed by atoms with Gasteiger partial charge in [-0.25, -0.2) is 0 Å². The van der Waals surface area contributed by atoms with Gasteiger partial charge < -0.3 is 4.74 Å². The minimum Gasteiger partial charge on any atom is -0.497 e. The summed E-state index contributed by atoms with van der Waals surface area (Å²) in [5, 5.41) is 2.21. The standard InChI is InChI=1S/C17H18N2O2/c1-11(18-19-17(20)12-3-4-12)13-5-6-15-10-16(21-2)8-7-14(15)9-13/h5-10,12,18H,1,3-4H2,2H3,(H,19,20). The number of benzene rings is 2. The van der Waals surface area contributed by atoms with E-state index in [1.807, 2.05) is 36.4 Å². The van der Waals surface area contributed by atoms with E-state index in [9.17, 15) is 4.79 Å². The van der Waals surface area contributed by atoms with E-state index in [0.717, 1.165) is 34.9 Å². The Morgan fingerprint density at radius 3 is 2.57 bits per heavy atom. The molecule has 0 spiro atoms. The van der Waals surface area contributed by atoms with Gasteiger partial charge in [0, 0.05) is 5.92 Å². The number of carbonyl (C=O) groups is 1. The summed E-state index contributed by atoms with van der Waals surface area (Å²) in [4.78, 5) is 11.6. The highest BCUT2D eigenvalue weighted by atomic mass is 16.5. The monoisotopic (exact) mass is 282 g/mol. The number of hydrazine groups is 1. The first-order valence-corrected chi connectivity index (χ1v) is 7.00. The number of nitrogens with one attached hydrogen (secondary N) is 2. The van der Waals surface area contributed by atoms with Crippen molar-refractivity contribution >= 4 is 22.4 Å². The summed E-state index contributed by atoms with van der Waals surface area (Å²) in [7, 11) is 1.66. The van der Waals surface area contributed by atoms with Gasteiger partial charge in [-0.1, -0.05) is 24.8 Å². The van der Waals surface area contributed by atoms with Crippen LogP contribution in [0.25, 0.3) is 16.5 Å². The molecule has 2 aromatic carbocycles. The van der Waals surface area contributed by atoms with Gasteiger partial charge in [0.2, 0.25) is 5.91 Å². The maximum atomic E-state index is 11.6. The maximum absolute atomic E-state index is 11.6. The predicted octanol–water partition coefficient (Wildman–Crippen LogP) is 2.85. The summed E-state index contributed by atoms with van der Waals surface area (Å²) in [6, 6.07) is 12.0. The minimum absolute atomic E-state index is 0.0432. The lowest BCUT2D eigenvalue weighted by atomic mass is 10.1. The summed E-state index contributed by atoms with van der Waals surface area (Å²) < 4.78 is 5.22. The molecular formula is C17H18N2O2. The second-order valence-electron chi connectivity index (χ2n) is 5.29. The van der Waals surface area contributed by atoms with Gasteiger partial charge in [0.05, 0.1) is 12.8 Å². The molecule has 108 valence electrons. The summed E-state index contributed by atoms with van der Waals surface area (Å²) >= 11 is 0. The largest absolute Gasteiger partial charge is 0.497 e. The first-order chi connectivity index (χ1) is 10.2. The lowest BCUT2D eigenvalue weighted by Crippen LogP contribution is -2.36. The van der Waals surface area contributed by atoms with Crippen molar-refractivity contribution < 1.29 is 9.53 Å². The number of methoxy groups -OCH3 is 1. The SMILES string of the molecule is C=C(NNC(=O)C1CC1)c1ccc2cc(OC)ccc2c1. The molecule has 1 fully saturated rings. The topological polar surface area (TPSA) is 50.4 Å². The molecule has 0 radical (unpaired) electrons. The zero-order chi connectivity index (χ0) is 14.8. The van der Waals surface area contributed by atoms with E-state index < -0.39 is 0 Å². The highest BCUT2D eigenvalue weighted by Gasteiger charge is 2.29. The number of hydrogen-bond donors (Lipinski definition) is 2. The Kier molecular flexibility index (Phi) is 3.52. The quantitative estimate of drug-likeness (QED) is 0.829. The van der Waals surface area contributed by atoms with E-state index in [1.54, 1.807) is 7.11 Å². The fraction of sp³-hybridized carbons (Fsp3) is 0.235. The molecule has 4 heteroatoms. The van der Waals surface area contributed by atoms with Gasteiger partial charge in [-0.15, -0.1) is 0 Å². The summed E-state index contributed by atoms with van der Waals surface area (Å²) in [6.07, 6.45) is 1.97. The van der Waals surface area contributed by atoms with Crippen molar-refractivity contribution in [2.45, 2.75) is 12.8 Å². The fourth-order valence-corrected chi connectivity index (χ4v) is 2.20. The van der Waals surface area contributed by atoms with Crippen LogP contribution in [0.4, 0.5) is 0 Å². The van der Waals surface area contributed by atoms with Gasteiger partial charge >= 0.3 is 0 Å². The number of amides is 1. The van der Waals surface area contributed by atoms with E-state index in [2.05, 4.69) is 17.4 Å². The maximum Gasteiger partial charge on any atom is 0.241 e. The molecule has 4 nitrogen and oxygen atoms in total. The summed E-state index contributed by atoms with van der Waals surface area (Å²) in [6.45, 7) is 3.97. The number of fused-ring (bicyclic) bond motifs is 1. The van der Waals surface area contributed by atoms with E-state index in [1.165, 1.54) is 0 Å². The molecule has 0 saturated heterocycles. The molecule has 1 aliphatic carbocycles. The zero-order valence-corrected chi connectivity index (χ0v) is 12.0. The number of ether oxygens (including phenoxy) is 1. The third kappa shape index (κ3) is 2.99. The van der Waals surface area contributed by atoms with Gasteiger partial charge in [-0.3, -0.25) is 15.6 Å². The van der Waals surface area contributed by atoms with Crippen molar-refractivity contribution in [3.05, 3.63) is 48.5 Å². The first kappa shape index (κ1) is 13.5. The van der Waals surface area contributed by atoms with Crippen LogP contribution in [0, 0.1) is 5.92 Å². The van der Waals surface area contributed by atoms with Crippen molar-refractivity contribution in [2.24, 2.45) is 5.92 Å². The lowest BCUT2D eigenvalue weighted by molar-refractivity contribution is -0.122. The van der Waals surface area contributed by atoms with E-state index >= 15 is 0 Å². The molecule has 0 aliphatic heterocycles. The average molecular weight is 282 g/mol. The highest BCUT2D eigenvalue weighted by Crippen LogP contribution is 2.28. The van der Waals surface area contributed by atoms with Crippen LogP contribution in [0.2, 0.25) is 0 Å². The van der Waals surface area contributed by atoms with Crippen LogP contribution in [0.1, 0.15) is 18.4 Å². The van der Waals surface area contributed by atoms with E-state index in [0.29, 0.717) is 5.70 Å². The second kappa shape index (κ2) is 5.48. The molecule has 2 aromatic rings. The van der Waals surface area contributed by atoms with Gasteiger partial charge in [-0.05, 0) is 47.4 Å². The Balaban J connectivity index is 1.73. The van der Waals surface area contributed by atoms with Crippen molar-refractivity contribution in [3.8, 4) is 5.75 Å². The Bertz CT molecular complexity index is 705. The molecule has 21 heavy (non-hydrogen) atoms. The van der Waals surface area contributed by atoms with Gasteiger partial charge in [0.1, 0.15) is 5.75 Å². The van der Waals surface area contributed by atoms with Crippen LogP contribution >= 0.6 is 0 Å². The molecule has 0 aromatic heterocycles. The normalized spacial score (nSPS) is 13.8. The van der Waals surface area contributed by atoms with Crippen LogP contribution < -0.4 is 15.6 Å². The van der Waals surface area contributed by atoms with Crippen LogP contribution in [0.15, 0.2) is 43.0 Å². The van der Waals surface area contributed by atoms with E-state index in [-0.39, 0.29) is 11.8 Å². The Labute approximate surface area is 123 Å². The molecule has 1 amide bonds. The van der Waals surface area contributed by atoms with Crippen molar-refractivity contribution in [2.75, 3.05) is 7.11 Å². The molecule has 2 N–H and O–H groups in total. The van der Waals surface area contributed by atoms with Gasteiger partial charge in [0.15, 0.2) is 0 Å². The van der Waals surface area contributed by atoms with Crippen LogP contribution in [0.5, 0.6) is 5.75 Å². The number of hydrogen-bond acceptors (Lipinski definition) is 3. The molecule has 3 rings (SSSR count).